The lowest BCUT2D eigenvalue weighted by molar-refractivity contribution is -0.220. The molecule has 1 aliphatic rings. The lowest BCUT2D eigenvalue weighted by Gasteiger charge is -2.41. The summed E-state index contributed by atoms with van der Waals surface area (Å²) in [6.45, 7) is 3.93. The van der Waals surface area contributed by atoms with Gasteiger partial charge in [0, 0.05) is 6.42 Å². The molecule has 0 saturated heterocycles. The topological polar surface area (TPSA) is 192 Å². The molecule has 0 amide bonds. The zero-order valence-corrected chi connectivity index (χ0v) is 37.2. The van der Waals surface area contributed by atoms with Crippen LogP contribution in [0.4, 0.5) is 0 Å². The van der Waals surface area contributed by atoms with Crippen LogP contribution in [0.25, 0.3) is 0 Å². The molecule has 1 saturated carbocycles. The Morgan fingerprint density at radius 2 is 0.966 bits per heavy atom. The SMILES string of the molecule is CC/C=C\C/C=C\C/C=C\C/C=C\C/C=C\CCOCC(COP(=O)(O)OC1C(O)C(O)C(O)C(O)C1O)OC(=O)CCCCCCCCCCCCCCCCCC. The van der Waals surface area contributed by atoms with Gasteiger partial charge in [-0.3, -0.25) is 13.8 Å². The number of rotatable bonds is 37. The number of allylic oxidation sites excluding steroid dienone is 9. The van der Waals surface area contributed by atoms with Crippen molar-refractivity contribution < 1.29 is 58.3 Å². The second kappa shape index (κ2) is 36.7. The summed E-state index contributed by atoms with van der Waals surface area (Å²) in [5.41, 5.74) is 0. The van der Waals surface area contributed by atoms with Crippen LogP contribution in [-0.4, -0.2) is 98.9 Å². The number of ether oxygens (including phenoxy) is 2. The third kappa shape index (κ3) is 29.1. The van der Waals surface area contributed by atoms with Crippen molar-refractivity contribution in [2.75, 3.05) is 19.8 Å². The van der Waals surface area contributed by atoms with Gasteiger partial charge in [0.05, 0.1) is 19.8 Å². The third-order valence-corrected chi connectivity index (χ3v) is 11.2. The van der Waals surface area contributed by atoms with Crippen molar-refractivity contribution in [3.63, 3.8) is 0 Å². The number of unbranched alkanes of at least 4 members (excludes halogenated alkanes) is 15. The quantitative estimate of drug-likeness (QED) is 0.0151. The van der Waals surface area contributed by atoms with E-state index in [-0.39, 0.29) is 13.0 Å². The molecule has 342 valence electrons. The summed E-state index contributed by atoms with van der Waals surface area (Å²) in [6, 6.07) is 0. The molecule has 6 N–H and O–H groups in total. The minimum atomic E-state index is -5.04. The van der Waals surface area contributed by atoms with E-state index < -0.39 is 63.1 Å². The minimum Gasteiger partial charge on any atom is -0.457 e. The molecule has 0 aromatic carbocycles. The van der Waals surface area contributed by atoms with Gasteiger partial charge in [0.15, 0.2) is 0 Å². The van der Waals surface area contributed by atoms with E-state index >= 15 is 0 Å². The van der Waals surface area contributed by atoms with Gasteiger partial charge in [-0.25, -0.2) is 4.57 Å². The first-order chi connectivity index (χ1) is 28.5. The molecule has 0 spiro atoms. The Hall–Kier alpha value is -1.96. The maximum atomic E-state index is 12.8. The minimum absolute atomic E-state index is 0.131. The van der Waals surface area contributed by atoms with Crippen molar-refractivity contribution in [3.05, 3.63) is 60.8 Å². The summed E-state index contributed by atoms with van der Waals surface area (Å²) in [4.78, 5) is 23.1. The fourth-order valence-corrected chi connectivity index (χ4v) is 7.57. The van der Waals surface area contributed by atoms with Gasteiger partial charge in [0.2, 0.25) is 0 Å². The first-order valence-corrected chi connectivity index (χ1v) is 24.1. The van der Waals surface area contributed by atoms with Gasteiger partial charge in [0.25, 0.3) is 0 Å². The second-order valence-electron chi connectivity index (χ2n) is 15.5. The van der Waals surface area contributed by atoms with E-state index in [1.54, 1.807) is 0 Å². The molecule has 13 heteroatoms. The molecule has 12 nitrogen and oxygen atoms in total. The number of hydrogen-bond donors (Lipinski definition) is 6. The molecule has 0 heterocycles. The van der Waals surface area contributed by atoms with Gasteiger partial charge in [-0.15, -0.1) is 0 Å². The van der Waals surface area contributed by atoms with Crippen LogP contribution >= 0.6 is 7.82 Å². The second-order valence-corrected chi connectivity index (χ2v) is 16.9. The van der Waals surface area contributed by atoms with E-state index in [4.69, 9.17) is 18.5 Å². The molecule has 1 aliphatic carbocycles. The highest BCUT2D eigenvalue weighted by Crippen LogP contribution is 2.47. The van der Waals surface area contributed by atoms with E-state index in [0.29, 0.717) is 19.4 Å². The van der Waals surface area contributed by atoms with Crippen LogP contribution in [0.5, 0.6) is 0 Å². The normalized spacial score (nSPS) is 23.1. The Labute approximate surface area is 356 Å². The zero-order chi connectivity index (χ0) is 43.4. The molecule has 59 heavy (non-hydrogen) atoms. The van der Waals surface area contributed by atoms with E-state index in [9.17, 15) is 39.8 Å². The fraction of sp³-hybridized carbons (Fsp3) is 0.761. The van der Waals surface area contributed by atoms with Crippen molar-refractivity contribution >= 4 is 13.8 Å². The monoisotopic (exact) mass is 857 g/mol. The van der Waals surface area contributed by atoms with Crippen LogP contribution in [0, 0.1) is 0 Å². The molecule has 1 rings (SSSR count). The molecule has 0 aromatic heterocycles. The highest BCUT2D eigenvalue weighted by molar-refractivity contribution is 7.47. The number of hydrogen-bond acceptors (Lipinski definition) is 11. The summed E-state index contributed by atoms with van der Waals surface area (Å²) < 4.78 is 34.0. The Morgan fingerprint density at radius 3 is 1.42 bits per heavy atom. The van der Waals surface area contributed by atoms with Crippen LogP contribution in [0.1, 0.15) is 162 Å². The van der Waals surface area contributed by atoms with Crippen LogP contribution < -0.4 is 0 Å². The predicted molar refractivity (Wildman–Crippen MR) is 235 cm³/mol. The number of carbonyl (C=O) groups excluding carboxylic acids is 1. The molecular weight excluding hydrogens is 775 g/mol. The van der Waals surface area contributed by atoms with E-state index in [1.807, 2.05) is 12.2 Å². The summed E-state index contributed by atoms with van der Waals surface area (Å²) in [5, 5.41) is 50.1. The van der Waals surface area contributed by atoms with E-state index in [1.165, 1.54) is 77.0 Å². The van der Waals surface area contributed by atoms with Crippen LogP contribution in [0.3, 0.4) is 0 Å². The number of phosphoric ester groups is 1. The standard InChI is InChI=1S/C46H81O12P/c1-3-5-7-9-11-13-15-17-19-21-23-25-27-29-31-33-35-40(47)57-39(38-56-59(53,54)58-46-44(51)42(49)41(48)43(50)45(46)52)37-55-36-34-32-30-28-26-24-22-20-18-16-14-12-10-8-6-4-2/h6,8,12,14,18,20,24,26,30,32,39,41-46,48-52H,3-5,7,9-11,13,15-17,19,21-23,25,27-29,31,33-38H2,1-2H3,(H,53,54)/b8-6-,14-12-,20-18-,26-24-,32-30-. The Morgan fingerprint density at radius 1 is 0.559 bits per heavy atom. The van der Waals surface area contributed by atoms with Gasteiger partial charge >= 0.3 is 13.8 Å². The summed E-state index contributed by atoms with van der Waals surface area (Å²) in [6.07, 6.45) is 33.1. The highest BCUT2D eigenvalue weighted by atomic mass is 31.2. The number of carbonyl (C=O) groups is 1. The van der Waals surface area contributed by atoms with E-state index in [0.717, 1.165) is 51.4 Å². The Bertz CT molecular complexity index is 1200. The number of phosphoric acid groups is 1. The molecule has 0 bridgehead atoms. The third-order valence-electron chi connectivity index (χ3n) is 10.2. The van der Waals surface area contributed by atoms with Crippen LogP contribution in [0.15, 0.2) is 60.8 Å². The molecule has 6 unspecified atom stereocenters. The summed E-state index contributed by atoms with van der Waals surface area (Å²) >= 11 is 0. The maximum absolute atomic E-state index is 12.8. The van der Waals surface area contributed by atoms with Crippen molar-refractivity contribution in [3.8, 4) is 0 Å². The first kappa shape index (κ1) is 55.1. The van der Waals surface area contributed by atoms with Crippen molar-refractivity contribution in [1.29, 1.82) is 0 Å². The average molecular weight is 857 g/mol. The van der Waals surface area contributed by atoms with Crippen LogP contribution in [-0.2, 0) is 27.9 Å². The average Bonchev–Trinajstić information content (AvgIpc) is 3.22. The van der Waals surface area contributed by atoms with Crippen LogP contribution in [0.2, 0.25) is 0 Å². The Balaban J connectivity index is 2.46. The lowest BCUT2D eigenvalue weighted by Crippen LogP contribution is -2.64. The largest absolute Gasteiger partial charge is 0.472 e. The van der Waals surface area contributed by atoms with Crippen molar-refractivity contribution in [1.82, 2.24) is 0 Å². The first-order valence-electron chi connectivity index (χ1n) is 22.6. The van der Waals surface area contributed by atoms with Gasteiger partial charge in [-0.1, -0.05) is 171 Å². The van der Waals surface area contributed by atoms with Crippen molar-refractivity contribution in [2.24, 2.45) is 0 Å². The zero-order valence-electron chi connectivity index (χ0n) is 36.3. The van der Waals surface area contributed by atoms with Crippen molar-refractivity contribution in [2.45, 2.75) is 204 Å². The van der Waals surface area contributed by atoms with Gasteiger partial charge < -0.3 is 39.9 Å². The predicted octanol–water partition coefficient (Wildman–Crippen LogP) is 9.03. The number of aliphatic hydroxyl groups is 5. The van der Waals surface area contributed by atoms with E-state index in [2.05, 4.69) is 62.5 Å². The summed E-state index contributed by atoms with van der Waals surface area (Å²) in [5.74, 6) is -0.502. The molecular formula is C46H81O12P. The lowest BCUT2D eigenvalue weighted by atomic mass is 9.85. The number of esters is 1. The Kier molecular flexibility index (Phi) is 34.2. The molecule has 0 radical (unpaired) electrons. The van der Waals surface area contributed by atoms with Gasteiger partial charge in [-0.05, 0) is 44.9 Å². The van der Waals surface area contributed by atoms with Gasteiger partial charge in [0.1, 0.15) is 42.7 Å². The maximum Gasteiger partial charge on any atom is 0.472 e. The van der Waals surface area contributed by atoms with Gasteiger partial charge in [-0.2, -0.15) is 0 Å². The number of aliphatic hydroxyl groups excluding tert-OH is 5. The highest BCUT2D eigenvalue weighted by Gasteiger charge is 2.51. The fourth-order valence-electron chi connectivity index (χ4n) is 6.60. The molecule has 0 aromatic rings. The molecule has 0 aliphatic heterocycles. The molecule has 6 atom stereocenters. The smallest absolute Gasteiger partial charge is 0.457 e. The molecule has 1 fully saturated rings. The summed E-state index contributed by atoms with van der Waals surface area (Å²) in [7, 11) is -5.04.